The maximum Gasteiger partial charge on any atom is 0.307 e. The second kappa shape index (κ2) is 12.9. The summed E-state index contributed by atoms with van der Waals surface area (Å²) in [6.45, 7) is 2.16. The molecule has 2 aromatic carbocycles. The Hall–Kier alpha value is -2.93. The number of benzene rings is 2. The molecule has 1 saturated carbocycles. The number of Topliss-reactive ketones (excluding diaryl/α,β-unsaturated/α-hetero) is 1. The quantitative estimate of drug-likeness (QED) is 0.354. The largest absolute Gasteiger partial charge is 0.457 e. The summed E-state index contributed by atoms with van der Waals surface area (Å²) in [5.74, 6) is 0.107. The fourth-order valence-electron chi connectivity index (χ4n) is 4.79. The maximum absolute atomic E-state index is 12.7. The van der Waals surface area contributed by atoms with Gasteiger partial charge in [-0.15, -0.1) is 0 Å². The van der Waals surface area contributed by atoms with E-state index in [1.54, 1.807) is 24.3 Å². The van der Waals surface area contributed by atoms with Crippen molar-refractivity contribution in [1.82, 2.24) is 0 Å². The van der Waals surface area contributed by atoms with Crippen molar-refractivity contribution in [2.75, 3.05) is 0 Å². The first-order valence-corrected chi connectivity index (χ1v) is 12.4. The SMILES string of the molecule is CCc1ccccc1.N#Cc1ccc([C@H]2OC(=O)C[C@@H]2C(=O)CCC2CCCCCC2)cc1.[HH]. The predicted octanol–water partition coefficient (Wildman–Crippen LogP) is 6.98. The van der Waals surface area contributed by atoms with Gasteiger partial charge in [-0.2, -0.15) is 5.26 Å². The first-order valence-electron chi connectivity index (χ1n) is 12.4. The Kier molecular flexibility index (Phi) is 9.69. The molecule has 1 aliphatic heterocycles. The van der Waals surface area contributed by atoms with Gasteiger partial charge < -0.3 is 4.74 Å². The number of hydrogen-bond acceptors (Lipinski definition) is 4. The summed E-state index contributed by atoms with van der Waals surface area (Å²) in [7, 11) is 0. The van der Waals surface area contributed by atoms with Crippen LogP contribution in [0.25, 0.3) is 0 Å². The van der Waals surface area contributed by atoms with Crippen LogP contribution >= 0.6 is 0 Å². The van der Waals surface area contributed by atoms with Crippen LogP contribution in [0.5, 0.6) is 0 Å². The van der Waals surface area contributed by atoms with E-state index >= 15 is 0 Å². The number of ketones is 1. The Balaban J connectivity index is 0.000000386. The van der Waals surface area contributed by atoms with Gasteiger partial charge in [-0.3, -0.25) is 9.59 Å². The number of aryl methyl sites for hydroxylation is 1. The summed E-state index contributed by atoms with van der Waals surface area (Å²) < 4.78 is 5.42. The lowest BCUT2D eigenvalue weighted by Gasteiger charge is -2.19. The molecule has 2 atom stereocenters. The van der Waals surface area contributed by atoms with E-state index in [4.69, 9.17) is 10.00 Å². The zero-order chi connectivity index (χ0) is 23.5. The molecular formula is C29H37NO3. The van der Waals surface area contributed by atoms with E-state index in [0.717, 1.165) is 18.4 Å². The number of carbonyl (C=O) groups is 2. The molecule has 0 spiro atoms. The standard InChI is InChI=1S/C21H25NO3.C8H10.H2/c22-14-16-7-10-17(11-8-16)21-18(13-20(24)25-21)19(23)12-9-15-5-3-1-2-4-6-15;1-2-8-6-4-3-5-7-8;/h7-8,10-11,15,18,21H,1-6,9,12-13H2;3-7H,2H2,1H3;1H/t18-,21-;;/m1../s1. The summed E-state index contributed by atoms with van der Waals surface area (Å²) in [5, 5.41) is 8.90. The van der Waals surface area contributed by atoms with Crippen LogP contribution in [0, 0.1) is 23.2 Å². The van der Waals surface area contributed by atoms with Crippen LogP contribution in [0.2, 0.25) is 0 Å². The van der Waals surface area contributed by atoms with Crippen LogP contribution in [-0.2, 0) is 20.7 Å². The zero-order valence-electron chi connectivity index (χ0n) is 19.7. The zero-order valence-corrected chi connectivity index (χ0v) is 19.7. The van der Waals surface area contributed by atoms with Gasteiger partial charge in [0.25, 0.3) is 0 Å². The number of cyclic esters (lactones) is 1. The molecule has 4 heteroatoms. The smallest absolute Gasteiger partial charge is 0.307 e. The summed E-state index contributed by atoms with van der Waals surface area (Å²) in [6.07, 6.45) is 9.93. The Morgan fingerprint density at radius 3 is 2.27 bits per heavy atom. The van der Waals surface area contributed by atoms with Gasteiger partial charge in [0.2, 0.25) is 0 Å². The molecule has 0 amide bonds. The third-order valence-corrected chi connectivity index (χ3v) is 6.82. The van der Waals surface area contributed by atoms with Gasteiger partial charge in [0, 0.05) is 7.85 Å². The van der Waals surface area contributed by atoms with Crippen LogP contribution in [0.15, 0.2) is 54.6 Å². The highest BCUT2D eigenvalue weighted by molar-refractivity contribution is 5.88. The van der Waals surface area contributed by atoms with Crippen LogP contribution in [0.1, 0.15) is 88.9 Å². The van der Waals surface area contributed by atoms with Crippen LogP contribution in [0.3, 0.4) is 0 Å². The lowest BCUT2D eigenvalue weighted by Crippen LogP contribution is -2.19. The lowest BCUT2D eigenvalue weighted by atomic mass is 9.86. The van der Waals surface area contributed by atoms with Crippen molar-refractivity contribution in [2.45, 2.75) is 77.2 Å². The fraction of sp³-hybridized carbons (Fsp3) is 0.483. The first-order chi connectivity index (χ1) is 16.1. The molecule has 0 radical (unpaired) electrons. The topological polar surface area (TPSA) is 67.2 Å². The summed E-state index contributed by atoms with van der Waals surface area (Å²) >= 11 is 0. The average Bonchev–Trinajstić information content (AvgIpc) is 3.07. The third kappa shape index (κ3) is 7.56. The van der Waals surface area contributed by atoms with Gasteiger partial charge in [-0.1, -0.05) is 87.9 Å². The molecule has 4 nitrogen and oxygen atoms in total. The van der Waals surface area contributed by atoms with Crippen molar-refractivity contribution in [3.63, 3.8) is 0 Å². The number of hydrogen-bond donors (Lipinski definition) is 0. The molecular weight excluding hydrogens is 410 g/mol. The minimum Gasteiger partial charge on any atom is -0.457 e. The minimum absolute atomic E-state index is 0. The van der Waals surface area contributed by atoms with Gasteiger partial charge in [-0.05, 0) is 42.0 Å². The van der Waals surface area contributed by atoms with E-state index in [-0.39, 0.29) is 25.5 Å². The van der Waals surface area contributed by atoms with Crippen molar-refractivity contribution < 1.29 is 15.8 Å². The van der Waals surface area contributed by atoms with E-state index in [1.807, 2.05) is 6.07 Å². The van der Waals surface area contributed by atoms with E-state index < -0.39 is 6.10 Å². The monoisotopic (exact) mass is 447 g/mol. The predicted molar refractivity (Wildman–Crippen MR) is 131 cm³/mol. The molecule has 176 valence electrons. The number of ether oxygens (including phenoxy) is 1. The number of nitrogens with zero attached hydrogens (tertiary/aromatic N) is 1. The van der Waals surface area contributed by atoms with Gasteiger partial charge in [0.05, 0.1) is 24.0 Å². The molecule has 1 saturated heterocycles. The molecule has 0 aromatic heterocycles. The van der Waals surface area contributed by atoms with Gasteiger partial charge in [-0.25, -0.2) is 0 Å². The Morgan fingerprint density at radius 1 is 1.03 bits per heavy atom. The lowest BCUT2D eigenvalue weighted by molar-refractivity contribution is -0.141. The van der Waals surface area contributed by atoms with Crippen molar-refractivity contribution in [3.05, 3.63) is 71.3 Å². The van der Waals surface area contributed by atoms with E-state index in [2.05, 4.69) is 37.3 Å². The first kappa shape index (κ1) is 24.7. The van der Waals surface area contributed by atoms with Crippen molar-refractivity contribution >= 4 is 11.8 Å². The Labute approximate surface area is 199 Å². The molecule has 1 heterocycles. The second-order valence-corrected chi connectivity index (χ2v) is 9.16. The maximum atomic E-state index is 12.7. The van der Waals surface area contributed by atoms with Crippen LogP contribution in [-0.4, -0.2) is 11.8 Å². The number of esters is 1. The Morgan fingerprint density at radius 2 is 1.70 bits per heavy atom. The van der Waals surface area contributed by atoms with Gasteiger partial charge >= 0.3 is 5.97 Å². The molecule has 1 aliphatic carbocycles. The van der Waals surface area contributed by atoms with Crippen molar-refractivity contribution in [2.24, 2.45) is 11.8 Å². The highest BCUT2D eigenvalue weighted by Gasteiger charge is 2.40. The highest BCUT2D eigenvalue weighted by atomic mass is 16.6. The summed E-state index contributed by atoms with van der Waals surface area (Å²) in [4.78, 5) is 24.5. The van der Waals surface area contributed by atoms with Crippen molar-refractivity contribution in [3.8, 4) is 6.07 Å². The molecule has 0 N–H and O–H groups in total. The third-order valence-electron chi connectivity index (χ3n) is 6.82. The molecule has 0 bridgehead atoms. The second-order valence-electron chi connectivity index (χ2n) is 9.16. The molecule has 0 unspecified atom stereocenters. The average molecular weight is 448 g/mol. The van der Waals surface area contributed by atoms with Crippen LogP contribution < -0.4 is 0 Å². The molecule has 2 aromatic rings. The molecule has 33 heavy (non-hydrogen) atoms. The number of carbonyl (C=O) groups excluding carboxylic acids is 2. The van der Waals surface area contributed by atoms with E-state index in [0.29, 0.717) is 17.9 Å². The normalized spacial score (nSPS) is 20.7. The van der Waals surface area contributed by atoms with E-state index in [9.17, 15) is 9.59 Å². The molecule has 2 fully saturated rings. The van der Waals surface area contributed by atoms with Gasteiger partial charge in [0.1, 0.15) is 11.9 Å². The fourth-order valence-corrected chi connectivity index (χ4v) is 4.79. The molecule has 2 aliphatic rings. The van der Waals surface area contributed by atoms with E-state index in [1.165, 1.54) is 44.1 Å². The summed E-state index contributed by atoms with van der Waals surface area (Å²) in [5.41, 5.74) is 2.77. The number of rotatable bonds is 6. The summed E-state index contributed by atoms with van der Waals surface area (Å²) in [6, 6.07) is 19.5. The highest BCUT2D eigenvalue weighted by Crippen LogP contribution is 2.37. The van der Waals surface area contributed by atoms with Crippen LogP contribution in [0.4, 0.5) is 0 Å². The van der Waals surface area contributed by atoms with Crippen molar-refractivity contribution in [1.29, 1.82) is 5.26 Å². The Bertz CT molecular complexity index is 928. The number of nitriles is 1. The molecule has 4 rings (SSSR count). The van der Waals surface area contributed by atoms with Gasteiger partial charge in [0.15, 0.2) is 0 Å². The minimum atomic E-state index is -0.498.